The minimum absolute atomic E-state index is 0.156. The van der Waals surface area contributed by atoms with Crippen LogP contribution in [0.2, 0.25) is 0 Å². The Kier molecular flexibility index (Phi) is 20.2. The maximum atomic E-state index is 12.4. The number of rotatable bonds is 26. The first-order chi connectivity index (χ1) is 18.0. The number of carboxylic acid groups (broad SMARTS) is 1. The number of unbranched alkanes of at least 4 members (excludes halogenated alkanes) is 19. The summed E-state index contributed by atoms with van der Waals surface area (Å²) in [5, 5.41) is 8.62. The van der Waals surface area contributed by atoms with E-state index < -0.39 is 22.6 Å². The maximum absolute atomic E-state index is 12.4. The van der Waals surface area contributed by atoms with E-state index in [1.54, 1.807) is 0 Å². The SMILES string of the molecule is CCCCCCCCCCCCCCCCCCCCCCNS(=O)(=O)c1ccc(OCC(=O)O)cc1. The summed E-state index contributed by atoms with van der Waals surface area (Å²) in [6, 6.07) is 5.79. The second-order valence-corrected chi connectivity index (χ2v) is 12.0. The Labute approximate surface area is 227 Å². The topological polar surface area (TPSA) is 92.7 Å². The number of hydrogen-bond donors (Lipinski definition) is 2. The van der Waals surface area contributed by atoms with Crippen LogP contribution in [-0.2, 0) is 14.8 Å². The van der Waals surface area contributed by atoms with Crippen molar-refractivity contribution in [1.29, 1.82) is 0 Å². The van der Waals surface area contributed by atoms with Crippen LogP contribution in [0.1, 0.15) is 135 Å². The van der Waals surface area contributed by atoms with E-state index in [0.29, 0.717) is 12.3 Å². The first-order valence-electron chi connectivity index (χ1n) is 14.9. The second kappa shape index (κ2) is 22.4. The first-order valence-corrected chi connectivity index (χ1v) is 16.4. The van der Waals surface area contributed by atoms with Gasteiger partial charge in [0.1, 0.15) is 5.75 Å². The number of nitrogens with one attached hydrogen (secondary N) is 1. The van der Waals surface area contributed by atoms with Gasteiger partial charge in [0, 0.05) is 6.54 Å². The lowest BCUT2D eigenvalue weighted by atomic mass is 10.0. The van der Waals surface area contributed by atoms with Crippen molar-refractivity contribution in [2.24, 2.45) is 0 Å². The molecular weight excluding hydrogens is 486 g/mol. The number of benzene rings is 1. The van der Waals surface area contributed by atoms with Crippen LogP contribution in [0.25, 0.3) is 0 Å². The molecular formula is C30H53NO5S. The van der Waals surface area contributed by atoms with Crippen LogP contribution >= 0.6 is 0 Å². The molecule has 1 rings (SSSR count). The van der Waals surface area contributed by atoms with Crippen LogP contribution < -0.4 is 9.46 Å². The van der Waals surface area contributed by atoms with Gasteiger partial charge in [-0.05, 0) is 30.7 Å². The van der Waals surface area contributed by atoms with Crippen molar-refractivity contribution in [3.8, 4) is 5.75 Å². The molecule has 0 aliphatic rings. The molecule has 1 aromatic carbocycles. The molecule has 7 heteroatoms. The molecule has 0 radical (unpaired) electrons. The highest BCUT2D eigenvalue weighted by molar-refractivity contribution is 7.89. The van der Waals surface area contributed by atoms with Gasteiger partial charge in [-0.3, -0.25) is 0 Å². The van der Waals surface area contributed by atoms with Crippen LogP contribution in [-0.4, -0.2) is 32.6 Å². The molecule has 0 aliphatic heterocycles. The minimum atomic E-state index is -3.56. The van der Waals surface area contributed by atoms with Gasteiger partial charge in [-0.2, -0.15) is 0 Å². The van der Waals surface area contributed by atoms with Crippen molar-refractivity contribution in [2.75, 3.05) is 13.2 Å². The summed E-state index contributed by atoms with van der Waals surface area (Å²) < 4.78 is 32.4. The fraction of sp³-hybridized carbons (Fsp3) is 0.767. The minimum Gasteiger partial charge on any atom is -0.482 e. The third kappa shape index (κ3) is 19.2. The third-order valence-corrected chi connectivity index (χ3v) is 8.30. The van der Waals surface area contributed by atoms with E-state index in [9.17, 15) is 13.2 Å². The number of aliphatic carboxylic acids is 1. The molecule has 6 nitrogen and oxygen atoms in total. The Morgan fingerprint density at radius 1 is 0.676 bits per heavy atom. The molecule has 0 aromatic heterocycles. The Hall–Kier alpha value is -1.60. The summed E-state index contributed by atoms with van der Waals surface area (Å²) >= 11 is 0. The molecule has 0 aliphatic carbocycles. The predicted molar refractivity (Wildman–Crippen MR) is 153 cm³/mol. The highest BCUT2D eigenvalue weighted by Gasteiger charge is 2.13. The highest BCUT2D eigenvalue weighted by Crippen LogP contribution is 2.17. The van der Waals surface area contributed by atoms with Gasteiger partial charge in [0.2, 0.25) is 10.0 Å². The molecule has 0 amide bonds. The van der Waals surface area contributed by atoms with Gasteiger partial charge in [-0.1, -0.05) is 129 Å². The zero-order valence-corrected chi connectivity index (χ0v) is 24.2. The van der Waals surface area contributed by atoms with Gasteiger partial charge < -0.3 is 9.84 Å². The van der Waals surface area contributed by atoms with Gasteiger partial charge >= 0.3 is 5.97 Å². The molecule has 0 fully saturated rings. The Balaban J connectivity index is 1.88. The first kappa shape index (κ1) is 33.4. The van der Waals surface area contributed by atoms with Crippen molar-refractivity contribution >= 4 is 16.0 Å². The number of sulfonamides is 1. The van der Waals surface area contributed by atoms with E-state index in [-0.39, 0.29) is 4.90 Å². The second-order valence-electron chi connectivity index (χ2n) is 10.3. The van der Waals surface area contributed by atoms with E-state index in [1.165, 1.54) is 133 Å². The predicted octanol–water partition coefficient (Wildman–Crippen LogP) is 8.25. The van der Waals surface area contributed by atoms with Gasteiger partial charge in [0.15, 0.2) is 6.61 Å². The Morgan fingerprint density at radius 2 is 1.05 bits per heavy atom. The standard InChI is InChI=1S/C30H53NO5S/c1-2-3-4-5-6-7-8-9-10-11-12-13-14-15-16-17-18-19-20-21-26-31-37(34,35)29-24-22-28(23-25-29)36-27-30(32)33/h22-25,31H,2-21,26-27H2,1H3,(H,32,33). The monoisotopic (exact) mass is 539 g/mol. The summed E-state index contributed by atoms with van der Waals surface area (Å²) in [7, 11) is -3.56. The Morgan fingerprint density at radius 3 is 1.43 bits per heavy atom. The third-order valence-electron chi connectivity index (χ3n) is 6.82. The van der Waals surface area contributed by atoms with Crippen LogP contribution in [0.4, 0.5) is 0 Å². The number of hydrogen-bond acceptors (Lipinski definition) is 4. The fourth-order valence-electron chi connectivity index (χ4n) is 4.53. The van der Waals surface area contributed by atoms with Crippen molar-refractivity contribution < 1.29 is 23.1 Å². The molecule has 1 aromatic rings. The average Bonchev–Trinajstić information content (AvgIpc) is 2.88. The van der Waals surface area contributed by atoms with Crippen molar-refractivity contribution in [3.63, 3.8) is 0 Å². The zero-order chi connectivity index (χ0) is 27.0. The average molecular weight is 540 g/mol. The highest BCUT2D eigenvalue weighted by atomic mass is 32.2. The van der Waals surface area contributed by atoms with E-state index in [1.807, 2.05) is 0 Å². The Bertz CT molecular complexity index is 780. The molecule has 0 unspecified atom stereocenters. The molecule has 37 heavy (non-hydrogen) atoms. The van der Waals surface area contributed by atoms with Crippen LogP contribution in [0.15, 0.2) is 29.2 Å². The van der Waals surface area contributed by atoms with E-state index in [4.69, 9.17) is 9.84 Å². The molecule has 0 saturated heterocycles. The number of carbonyl (C=O) groups is 1. The molecule has 0 atom stereocenters. The smallest absolute Gasteiger partial charge is 0.341 e. The quantitative estimate of drug-likeness (QED) is 0.116. The van der Waals surface area contributed by atoms with E-state index >= 15 is 0 Å². The van der Waals surface area contributed by atoms with Gasteiger partial charge in [-0.15, -0.1) is 0 Å². The van der Waals surface area contributed by atoms with Crippen molar-refractivity contribution in [2.45, 2.75) is 140 Å². The summed E-state index contributed by atoms with van der Waals surface area (Å²) in [6.45, 7) is 2.25. The van der Waals surface area contributed by atoms with Crippen LogP contribution in [0, 0.1) is 0 Å². The maximum Gasteiger partial charge on any atom is 0.341 e. The molecule has 0 spiro atoms. The summed E-state index contributed by atoms with van der Waals surface area (Å²) in [4.78, 5) is 10.7. The molecule has 0 saturated carbocycles. The number of ether oxygens (including phenoxy) is 1. The normalized spacial score (nSPS) is 11.6. The zero-order valence-electron chi connectivity index (χ0n) is 23.4. The summed E-state index contributed by atoms with van der Waals surface area (Å²) in [5.41, 5.74) is 0. The molecule has 2 N–H and O–H groups in total. The lowest BCUT2D eigenvalue weighted by Gasteiger charge is -2.08. The lowest BCUT2D eigenvalue weighted by Crippen LogP contribution is -2.24. The van der Waals surface area contributed by atoms with Crippen molar-refractivity contribution in [3.05, 3.63) is 24.3 Å². The van der Waals surface area contributed by atoms with E-state index in [2.05, 4.69) is 11.6 Å². The molecule has 0 bridgehead atoms. The number of carboxylic acids is 1. The van der Waals surface area contributed by atoms with Crippen LogP contribution in [0.3, 0.4) is 0 Å². The summed E-state index contributed by atoms with van der Waals surface area (Å²) in [6.07, 6.45) is 26.5. The largest absolute Gasteiger partial charge is 0.482 e. The fourth-order valence-corrected chi connectivity index (χ4v) is 5.60. The molecule has 0 heterocycles. The van der Waals surface area contributed by atoms with Crippen LogP contribution in [0.5, 0.6) is 5.75 Å². The van der Waals surface area contributed by atoms with Gasteiger partial charge in [0.05, 0.1) is 4.90 Å². The van der Waals surface area contributed by atoms with Gasteiger partial charge in [0.25, 0.3) is 0 Å². The van der Waals surface area contributed by atoms with Gasteiger partial charge in [-0.25, -0.2) is 17.9 Å². The van der Waals surface area contributed by atoms with E-state index in [0.717, 1.165) is 19.3 Å². The van der Waals surface area contributed by atoms with Crippen molar-refractivity contribution in [1.82, 2.24) is 4.72 Å². The summed E-state index contributed by atoms with van der Waals surface area (Å²) in [5.74, 6) is -0.747. The molecule has 214 valence electrons. The lowest BCUT2D eigenvalue weighted by molar-refractivity contribution is -0.139.